The highest BCUT2D eigenvalue weighted by molar-refractivity contribution is 8.18. The lowest BCUT2D eigenvalue weighted by atomic mass is 9.89. The molecule has 0 spiro atoms. The lowest BCUT2D eigenvalue weighted by molar-refractivity contribution is -0.604. The van der Waals surface area contributed by atoms with Crippen molar-refractivity contribution in [1.82, 2.24) is 0 Å². The lowest BCUT2D eigenvalue weighted by Gasteiger charge is -2.42. The second kappa shape index (κ2) is 13.7. The first-order valence-electron chi connectivity index (χ1n) is 17.7. The van der Waals surface area contributed by atoms with E-state index in [4.69, 9.17) is 0 Å². The summed E-state index contributed by atoms with van der Waals surface area (Å²) >= 11 is 3.11. The van der Waals surface area contributed by atoms with E-state index in [9.17, 15) is 14.7 Å². The molecule has 5 aliphatic carbocycles. The molecule has 5 nitrogen and oxygen atoms in total. The molecule has 44 heavy (non-hydrogen) atoms. The molecule has 4 fully saturated rings. The highest BCUT2D eigenvalue weighted by atomic mass is 32.2. The molecule has 0 aromatic carbocycles. The van der Waals surface area contributed by atoms with Crippen LogP contribution in [-0.4, -0.2) is 45.4 Å². The quantitative estimate of drug-likeness (QED) is 0.180. The van der Waals surface area contributed by atoms with Crippen molar-refractivity contribution in [3.05, 3.63) is 45.4 Å². The van der Waals surface area contributed by atoms with Gasteiger partial charge in [0.15, 0.2) is 12.1 Å². The van der Waals surface area contributed by atoms with Gasteiger partial charge in [0.2, 0.25) is 16.6 Å². The summed E-state index contributed by atoms with van der Waals surface area (Å²) in [5, 5.41) is 16.3. The number of rotatable bonds is 6. The van der Waals surface area contributed by atoms with Crippen molar-refractivity contribution in [2.45, 2.75) is 153 Å². The molecule has 2 heterocycles. The number of allylic oxidation sites excluding steroid dienone is 3. The molecule has 0 saturated heterocycles. The number of carbonyl (C=O) groups excluding carboxylic acids is 2. The van der Waals surface area contributed by atoms with Crippen molar-refractivity contribution in [3.63, 3.8) is 0 Å². The summed E-state index contributed by atoms with van der Waals surface area (Å²) < 4.78 is 2.65. The van der Waals surface area contributed by atoms with Gasteiger partial charge in [0.1, 0.15) is 0 Å². The van der Waals surface area contributed by atoms with Crippen LogP contribution in [-0.2, 0) is 9.59 Å². The summed E-state index contributed by atoms with van der Waals surface area (Å²) in [5.41, 5.74) is 0.194. The first-order valence-corrected chi connectivity index (χ1v) is 19.4. The first kappa shape index (κ1) is 30.5. The van der Waals surface area contributed by atoms with Crippen molar-refractivity contribution >= 4 is 50.3 Å². The molecule has 6 aliphatic rings. The van der Waals surface area contributed by atoms with E-state index in [1.807, 2.05) is 12.1 Å². The van der Waals surface area contributed by atoms with Gasteiger partial charge in [0.25, 0.3) is 0 Å². The van der Waals surface area contributed by atoms with Gasteiger partial charge in [-0.1, -0.05) is 57.1 Å². The monoisotopic (exact) mass is 632 g/mol. The third-order valence-corrected chi connectivity index (χ3v) is 13.4. The van der Waals surface area contributed by atoms with Crippen LogP contribution < -0.4 is 10.0 Å². The number of hydrogen-bond donors (Lipinski definition) is 0. The standard InChI is InChI=1S/C37H48N2O3S2/c40-35-33(29-21-23-31(43-29)38(25-13-5-1-6-14-25)26-15-7-2-8-16-26)36(41)37(42)34(35)30-22-24-32(44-30)39(27-17-9-3-10-18-27)28-19-11-4-12-20-28/h21-28H,1-20H2. The molecule has 0 bridgehead atoms. The van der Waals surface area contributed by atoms with Crippen LogP contribution in [0.25, 0.3) is 5.57 Å². The molecule has 0 unspecified atom stereocenters. The van der Waals surface area contributed by atoms with Gasteiger partial charge in [-0.25, -0.2) is 4.58 Å². The smallest absolute Gasteiger partial charge is 0.240 e. The average Bonchev–Trinajstić information content (AvgIpc) is 3.79. The van der Waals surface area contributed by atoms with E-state index < -0.39 is 11.6 Å². The van der Waals surface area contributed by atoms with Gasteiger partial charge in [0.05, 0.1) is 5.00 Å². The van der Waals surface area contributed by atoms with E-state index in [2.05, 4.69) is 21.6 Å². The van der Waals surface area contributed by atoms with E-state index >= 15 is 0 Å². The Balaban J connectivity index is 1.20. The van der Waals surface area contributed by atoms with Crippen LogP contribution in [0, 0.1) is 0 Å². The summed E-state index contributed by atoms with van der Waals surface area (Å²) in [7, 11) is 0. The molecule has 0 radical (unpaired) electrons. The van der Waals surface area contributed by atoms with Crippen LogP contribution in [0.1, 0.15) is 133 Å². The van der Waals surface area contributed by atoms with Gasteiger partial charge in [0, 0.05) is 64.8 Å². The highest BCUT2D eigenvalue weighted by Gasteiger charge is 2.40. The minimum Gasteiger partial charge on any atom is -0.871 e. The van der Waals surface area contributed by atoms with Crippen molar-refractivity contribution in [2.75, 3.05) is 4.90 Å². The van der Waals surface area contributed by atoms with Crippen molar-refractivity contribution in [3.8, 4) is 0 Å². The third-order valence-electron chi connectivity index (χ3n) is 11.2. The third kappa shape index (κ3) is 6.04. The summed E-state index contributed by atoms with van der Waals surface area (Å²) in [5.74, 6) is -1.61. The molecule has 1 aliphatic heterocycles. The van der Waals surface area contributed by atoms with Crippen LogP contribution in [0.3, 0.4) is 0 Å². The zero-order chi connectivity index (χ0) is 30.0. The first-order chi connectivity index (χ1) is 21.6. The fourth-order valence-corrected chi connectivity index (χ4v) is 11.3. The maximum absolute atomic E-state index is 14.0. The number of carbonyl (C=O) groups is 2. The van der Waals surface area contributed by atoms with Gasteiger partial charge in [-0.05, 0) is 81.3 Å². The Bertz CT molecular complexity index is 1340. The van der Waals surface area contributed by atoms with Crippen molar-refractivity contribution in [1.29, 1.82) is 0 Å². The minimum atomic E-state index is -0.619. The molecule has 7 rings (SSSR count). The predicted octanol–water partition coefficient (Wildman–Crippen LogP) is 8.08. The Morgan fingerprint density at radius 1 is 0.636 bits per heavy atom. The van der Waals surface area contributed by atoms with Crippen LogP contribution in [0.2, 0.25) is 0 Å². The lowest BCUT2D eigenvalue weighted by Crippen LogP contribution is -2.45. The fraction of sp³-hybridized carbons (Fsp3) is 0.649. The zero-order valence-corrected chi connectivity index (χ0v) is 27.8. The molecule has 1 aromatic rings. The van der Waals surface area contributed by atoms with Gasteiger partial charge >= 0.3 is 0 Å². The molecule has 0 amide bonds. The molecule has 1 aromatic heterocycles. The molecular formula is C37H48N2O3S2. The molecule has 236 valence electrons. The summed E-state index contributed by atoms with van der Waals surface area (Å²) in [6.07, 6.45) is 29.2. The van der Waals surface area contributed by atoms with E-state index in [0.29, 0.717) is 33.9 Å². The number of anilines is 1. The van der Waals surface area contributed by atoms with Gasteiger partial charge < -0.3 is 10.0 Å². The maximum atomic E-state index is 14.0. The molecule has 0 atom stereocenters. The Morgan fingerprint density at radius 3 is 1.68 bits per heavy atom. The van der Waals surface area contributed by atoms with Crippen LogP contribution in [0.4, 0.5) is 5.00 Å². The predicted molar refractivity (Wildman–Crippen MR) is 180 cm³/mol. The van der Waals surface area contributed by atoms with Gasteiger partial charge in [-0.3, -0.25) is 9.59 Å². The zero-order valence-electron chi connectivity index (χ0n) is 26.2. The second-order valence-corrected chi connectivity index (χ2v) is 16.1. The Labute approximate surface area is 271 Å². The Morgan fingerprint density at radius 2 is 1.14 bits per heavy atom. The topological polar surface area (TPSA) is 63.4 Å². The van der Waals surface area contributed by atoms with Gasteiger partial charge in [-0.2, -0.15) is 0 Å². The molecule has 4 saturated carbocycles. The molecule has 7 heteroatoms. The minimum absolute atomic E-state index is 0.0971. The SMILES string of the molecule is O=C1C(=O)/C(=C2/C=CC(=[N+](C3CCCCC3)C3CCCCC3)S2)C([O-])=C1c1ccc(N(C2CCCCC2)C2CCCCC2)s1. The summed E-state index contributed by atoms with van der Waals surface area (Å²) in [6, 6.07) is 6.18. The van der Waals surface area contributed by atoms with E-state index in [1.54, 1.807) is 23.1 Å². The Hall–Kier alpha value is -2.12. The number of nitrogens with zero attached hydrogens (tertiary/aromatic N) is 2. The normalized spacial score (nSPS) is 26.8. The van der Waals surface area contributed by atoms with E-state index in [0.717, 1.165) is 0 Å². The number of ketones is 2. The summed E-state index contributed by atoms with van der Waals surface area (Å²) in [6.45, 7) is 0. The number of hydrogen-bond acceptors (Lipinski definition) is 6. The number of thioether (sulfide) groups is 1. The van der Waals surface area contributed by atoms with E-state index in [-0.39, 0.29) is 16.9 Å². The fourth-order valence-electron chi connectivity index (χ4n) is 8.96. The van der Waals surface area contributed by atoms with Gasteiger partial charge in [-0.15, -0.1) is 11.3 Å². The number of thiophene rings is 1. The largest absolute Gasteiger partial charge is 0.871 e. The van der Waals surface area contributed by atoms with E-state index in [1.165, 1.54) is 138 Å². The number of Topliss-reactive ketones (excluding diaryl/α,β-unsaturated/α-hetero) is 2. The van der Waals surface area contributed by atoms with Crippen molar-refractivity contribution < 1.29 is 19.3 Å². The molecule has 0 N–H and O–H groups in total. The highest BCUT2D eigenvalue weighted by Crippen LogP contribution is 2.44. The second-order valence-electron chi connectivity index (χ2n) is 14.0. The van der Waals surface area contributed by atoms with Crippen LogP contribution in [0.15, 0.2) is 40.5 Å². The van der Waals surface area contributed by atoms with Crippen LogP contribution >= 0.6 is 23.1 Å². The maximum Gasteiger partial charge on any atom is 0.240 e. The van der Waals surface area contributed by atoms with Crippen LogP contribution in [0.5, 0.6) is 0 Å². The average molecular weight is 633 g/mol. The summed E-state index contributed by atoms with van der Waals surface area (Å²) in [4.78, 5) is 30.9. The van der Waals surface area contributed by atoms with Crippen molar-refractivity contribution in [2.24, 2.45) is 0 Å². The Kier molecular flexibility index (Phi) is 9.51. The molecular weight excluding hydrogens is 585 g/mol.